The number of carbonyl (C=O) groups excluding carboxylic acids is 1. The largest absolute Gasteiger partial charge is 0.440 e. The van der Waals surface area contributed by atoms with E-state index in [0.717, 1.165) is 68.8 Å². The van der Waals surface area contributed by atoms with E-state index < -0.39 is 0 Å². The first-order valence-corrected chi connectivity index (χ1v) is 9.04. The van der Waals surface area contributed by atoms with Gasteiger partial charge in [0.15, 0.2) is 11.5 Å². The second kappa shape index (κ2) is 6.93. The van der Waals surface area contributed by atoms with Crippen molar-refractivity contribution in [3.63, 3.8) is 0 Å². The second-order valence-electron chi connectivity index (χ2n) is 6.85. The normalized spacial score (nSPS) is 22.3. The van der Waals surface area contributed by atoms with Gasteiger partial charge in [-0.2, -0.15) is 0 Å². The molecule has 24 heavy (non-hydrogen) atoms. The van der Waals surface area contributed by atoms with Gasteiger partial charge in [0, 0.05) is 32.0 Å². The number of aromatic nitrogens is 1. The molecule has 5 heteroatoms. The van der Waals surface area contributed by atoms with Gasteiger partial charge in [-0.1, -0.05) is 12.1 Å². The molecule has 2 saturated heterocycles. The van der Waals surface area contributed by atoms with E-state index in [1.807, 2.05) is 29.2 Å². The summed E-state index contributed by atoms with van der Waals surface area (Å²) in [7, 11) is 0. The Kier molecular flexibility index (Phi) is 4.52. The van der Waals surface area contributed by atoms with E-state index in [1.54, 1.807) is 0 Å². The number of para-hydroxylation sites is 2. The van der Waals surface area contributed by atoms with Crippen molar-refractivity contribution in [1.82, 2.24) is 9.88 Å². The summed E-state index contributed by atoms with van der Waals surface area (Å²) in [4.78, 5) is 19.0. The molecule has 2 aliphatic rings. The number of likely N-dealkylation sites (tertiary alicyclic amines) is 1. The number of benzene rings is 1. The van der Waals surface area contributed by atoms with Crippen LogP contribution in [-0.4, -0.2) is 41.6 Å². The summed E-state index contributed by atoms with van der Waals surface area (Å²) in [6, 6.07) is 7.87. The van der Waals surface area contributed by atoms with Crippen LogP contribution >= 0.6 is 0 Å². The number of piperidine rings is 1. The van der Waals surface area contributed by atoms with Crippen LogP contribution in [-0.2, 0) is 9.53 Å². The maximum absolute atomic E-state index is 12.4. The van der Waals surface area contributed by atoms with Gasteiger partial charge < -0.3 is 14.1 Å². The van der Waals surface area contributed by atoms with Crippen LogP contribution < -0.4 is 0 Å². The number of ether oxygens (including phenoxy) is 1. The van der Waals surface area contributed by atoms with Crippen molar-refractivity contribution in [3.8, 4) is 0 Å². The summed E-state index contributed by atoms with van der Waals surface area (Å²) in [5.74, 6) is 1.41. The second-order valence-corrected chi connectivity index (χ2v) is 6.85. The quantitative estimate of drug-likeness (QED) is 0.862. The topological polar surface area (TPSA) is 55.6 Å². The fourth-order valence-electron chi connectivity index (χ4n) is 3.76. The lowest BCUT2D eigenvalue weighted by molar-refractivity contribution is -0.133. The number of amides is 1. The molecule has 1 aromatic carbocycles. The molecule has 0 saturated carbocycles. The lowest BCUT2D eigenvalue weighted by Gasteiger charge is -2.31. The third kappa shape index (κ3) is 3.31. The molecule has 2 aliphatic heterocycles. The highest BCUT2D eigenvalue weighted by atomic mass is 16.5. The van der Waals surface area contributed by atoms with E-state index in [4.69, 9.17) is 9.15 Å². The Morgan fingerprint density at radius 1 is 1.21 bits per heavy atom. The molecule has 2 aromatic rings. The van der Waals surface area contributed by atoms with Crippen molar-refractivity contribution in [2.45, 2.75) is 50.5 Å². The molecule has 2 fully saturated rings. The van der Waals surface area contributed by atoms with Crippen LogP contribution in [0.2, 0.25) is 0 Å². The van der Waals surface area contributed by atoms with E-state index in [9.17, 15) is 4.79 Å². The van der Waals surface area contributed by atoms with Gasteiger partial charge in [0.2, 0.25) is 5.91 Å². The third-order valence-corrected chi connectivity index (χ3v) is 5.21. The van der Waals surface area contributed by atoms with Crippen molar-refractivity contribution in [2.75, 3.05) is 19.7 Å². The van der Waals surface area contributed by atoms with Gasteiger partial charge >= 0.3 is 0 Å². The van der Waals surface area contributed by atoms with Crippen molar-refractivity contribution in [2.24, 2.45) is 0 Å². The van der Waals surface area contributed by atoms with Gasteiger partial charge in [0.05, 0.1) is 6.10 Å². The number of rotatable bonds is 4. The Labute approximate surface area is 142 Å². The van der Waals surface area contributed by atoms with Crippen LogP contribution in [0.25, 0.3) is 11.1 Å². The van der Waals surface area contributed by atoms with Gasteiger partial charge in [-0.15, -0.1) is 0 Å². The third-order valence-electron chi connectivity index (χ3n) is 5.21. The Balaban J connectivity index is 1.30. The van der Waals surface area contributed by atoms with Crippen molar-refractivity contribution >= 4 is 17.0 Å². The molecular weight excluding hydrogens is 304 g/mol. The number of carbonyl (C=O) groups is 1. The smallest absolute Gasteiger partial charge is 0.222 e. The van der Waals surface area contributed by atoms with E-state index >= 15 is 0 Å². The summed E-state index contributed by atoms with van der Waals surface area (Å²) in [6.07, 6.45) is 5.87. The first kappa shape index (κ1) is 15.6. The van der Waals surface area contributed by atoms with E-state index in [2.05, 4.69) is 4.98 Å². The van der Waals surface area contributed by atoms with Crippen LogP contribution in [0.15, 0.2) is 28.7 Å². The van der Waals surface area contributed by atoms with Crippen molar-refractivity contribution in [3.05, 3.63) is 30.2 Å². The summed E-state index contributed by atoms with van der Waals surface area (Å²) in [6.45, 7) is 2.45. The Morgan fingerprint density at radius 3 is 2.79 bits per heavy atom. The predicted octanol–water partition coefficient (Wildman–Crippen LogP) is 3.49. The zero-order valence-electron chi connectivity index (χ0n) is 13.9. The average Bonchev–Trinajstić information content (AvgIpc) is 3.29. The zero-order chi connectivity index (χ0) is 16.4. The predicted molar refractivity (Wildman–Crippen MR) is 90.8 cm³/mol. The minimum absolute atomic E-state index is 0.265. The number of fused-ring (bicyclic) bond motifs is 1. The average molecular weight is 328 g/mol. The maximum Gasteiger partial charge on any atom is 0.222 e. The van der Waals surface area contributed by atoms with E-state index in [-0.39, 0.29) is 5.91 Å². The summed E-state index contributed by atoms with van der Waals surface area (Å²) >= 11 is 0. The van der Waals surface area contributed by atoms with E-state index in [0.29, 0.717) is 18.4 Å². The van der Waals surface area contributed by atoms with Gasteiger partial charge in [-0.3, -0.25) is 4.79 Å². The standard InChI is InChI=1S/C19H24N2O3/c22-18(8-7-15-4-3-13-23-15)21-11-9-14(10-12-21)19-20-16-5-1-2-6-17(16)24-19/h1-2,5-6,14-15H,3-4,7-13H2/t15-/m1/s1. The highest BCUT2D eigenvalue weighted by Crippen LogP contribution is 2.30. The highest BCUT2D eigenvalue weighted by molar-refractivity contribution is 5.76. The molecule has 0 aliphatic carbocycles. The maximum atomic E-state index is 12.4. The Bertz CT molecular complexity index is 664. The van der Waals surface area contributed by atoms with Crippen LogP contribution in [0.1, 0.15) is 50.3 Å². The number of hydrogen-bond donors (Lipinski definition) is 0. The first-order valence-electron chi connectivity index (χ1n) is 9.04. The first-order chi connectivity index (χ1) is 11.8. The fraction of sp³-hybridized carbons (Fsp3) is 0.579. The molecule has 0 unspecified atom stereocenters. The molecule has 5 nitrogen and oxygen atoms in total. The molecular formula is C19H24N2O3. The van der Waals surface area contributed by atoms with Crippen LogP contribution in [0, 0.1) is 0 Å². The minimum Gasteiger partial charge on any atom is -0.440 e. The molecule has 3 heterocycles. The van der Waals surface area contributed by atoms with Gasteiger partial charge in [-0.05, 0) is 44.2 Å². The zero-order valence-corrected chi connectivity index (χ0v) is 13.9. The molecule has 0 bridgehead atoms. The number of hydrogen-bond acceptors (Lipinski definition) is 4. The molecule has 1 aromatic heterocycles. The Morgan fingerprint density at radius 2 is 2.04 bits per heavy atom. The summed E-state index contributed by atoms with van der Waals surface area (Å²) < 4.78 is 11.5. The van der Waals surface area contributed by atoms with Crippen LogP contribution in [0.5, 0.6) is 0 Å². The molecule has 4 rings (SSSR count). The molecule has 1 amide bonds. The lowest BCUT2D eigenvalue weighted by Crippen LogP contribution is -2.38. The molecule has 128 valence electrons. The van der Waals surface area contributed by atoms with Crippen LogP contribution in [0.3, 0.4) is 0 Å². The highest BCUT2D eigenvalue weighted by Gasteiger charge is 2.27. The monoisotopic (exact) mass is 328 g/mol. The molecule has 0 spiro atoms. The van der Waals surface area contributed by atoms with Gasteiger partial charge in [-0.25, -0.2) is 4.98 Å². The van der Waals surface area contributed by atoms with Crippen molar-refractivity contribution in [1.29, 1.82) is 0 Å². The molecule has 0 N–H and O–H groups in total. The van der Waals surface area contributed by atoms with E-state index in [1.165, 1.54) is 0 Å². The Hall–Kier alpha value is -1.88. The number of oxazole rings is 1. The SMILES string of the molecule is O=C(CC[C@H]1CCCO1)N1CCC(c2nc3ccccc3o2)CC1. The molecule has 1 atom stereocenters. The van der Waals surface area contributed by atoms with Gasteiger partial charge in [0.1, 0.15) is 5.52 Å². The fourth-order valence-corrected chi connectivity index (χ4v) is 3.76. The lowest BCUT2D eigenvalue weighted by atomic mass is 9.96. The minimum atomic E-state index is 0.265. The van der Waals surface area contributed by atoms with Crippen molar-refractivity contribution < 1.29 is 13.9 Å². The molecule has 0 radical (unpaired) electrons. The van der Waals surface area contributed by atoms with Gasteiger partial charge in [0.25, 0.3) is 0 Å². The summed E-state index contributed by atoms with van der Waals surface area (Å²) in [5, 5.41) is 0. The number of nitrogens with zero attached hydrogens (tertiary/aromatic N) is 2. The summed E-state index contributed by atoms with van der Waals surface area (Å²) in [5.41, 5.74) is 1.77. The van der Waals surface area contributed by atoms with Crippen LogP contribution in [0.4, 0.5) is 0 Å².